The van der Waals surface area contributed by atoms with Gasteiger partial charge in [0.25, 0.3) is 5.91 Å². The number of nitrogens with zero attached hydrogens (tertiary/aromatic N) is 1. The zero-order valence-corrected chi connectivity index (χ0v) is 13.9. The highest BCUT2D eigenvalue weighted by molar-refractivity contribution is 6.30. The van der Waals surface area contributed by atoms with E-state index in [0.29, 0.717) is 17.5 Å². The molecule has 2 aromatic rings. The normalized spacial score (nSPS) is 18.9. The van der Waals surface area contributed by atoms with Gasteiger partial charge in [-0.1, -0.05) is 17.7 Å². The first-order chi connectivity index (χ1) is 11.6. The molecule has 0 radical (unpaired) electrons. The molecule has 1 atom stereocenters. The Morgan fingerprint density at radius 3 is 2.96 bits per heavy atom. The molecule has 122 valence electrons. The fraction of sp³-hybridized carbons (Fsp3) is 0.316. The molecule has 4 rings (SSSR count). The SMILES string of the molecule is O=C(NC1CCc2cc(Cl)ccc21)c1cnc2c(c1)C(=O)CCC2. The zero-order valence-electron chi connectivity index (χ0n) is 13.1. The average molecular weight is 341 g/mol. The Labute approximate surface area is 145 Å². The summed E-state index contributed by atoms with van der Waals surface area (Å²) in [6.45, 7) is 0. The van der Waals surface area contributed by atoms with Crippen molar-refractivity contribution in [1.82, 2.24) is 10.3 Å². The van der Waals surface area contributed by atoms with Crippen LogP contribution in [-0.4, -0.2) is 16.7 Å². The summed E-state index contributed by atoms with van der Waals surface area (Å²) in [7, 11) is 0. The Bertz CT molecular complexity index is 847. The lowest BCUT2D eigenvalue weighted by molar-refractivity contribution is 0.0936. The Morgan fingerprint density at radius 2 is 2.08 bits per heavy atom. The summed E-state index contributed by atoms with van der Waals surface area (Å²) in [5.41, 5.74) is 4.17. The molecule has 4 nitrogen and oxygen atoms in total. The van der Waals surface area contributed by atoms with E-state index in [-0.39, 0.29) is 17.7 Å². The molecule has 1 N–H and O–H groups in total. The van der Waals surface area contributed by atoms with Gasteiger partial charge in [-0.3, -0.25) is 14.6 Å². The van der Waals surface area contributed by atoms with Crippen LogP contribution in [-0.2, 0) is 12.8 Å². The van der Waals surface area contributed by atoms with Gasteiger partial charge in [0.2, 0.25) is 0 Å². The summed E-state index contributed by atoms with van der Waals surface area (Å²) >= 11 is 6.03. The molecule has 1 aromatic carbocycles. The Balaban J connectivity index is 1.56. The number of hydrogen-bond donors (Lipinski definition) is 1. The molecule has 0 bridgehead atoms. The highest BCUT2D eigenvalue weighted by Crippen LogP contribution is 2.33. The van der Waals surface area contributed by atoms with Crippen LogP contribution in [0.3, 0.4) is 0 Å². The van der Waals surface area contributed by atoms with Crippen molar-refractivity contribution in [2.75, 3.05) is 0 Å². The third kappa shape index (κ3) is 2.71. The number of carbonyl (C=O) groups excluding carboxylic acids is 2. The van der Waals surface area contributed by atoms with Gasteiger partial charge in [0.05, 0.1) is 17.3 Å². The highest BCUT2D eigenvalue weighted by atomic mass is 35.5. The van der Waals surface area contributed by atoms with Gasteiger partial charge < -0.3 is 5.32 Å². The van der Waals surface area contributed by atoms with Crippen molar-refractivity contribution >= 4 is 23.3 Å². The lowest BCUT2D eigenvalue weighted by Crippen LogP contribution is -2.28. The number of hydrogen-bond acceptors (Lipinski definition) is 3. The number of amides is 1. The number of ketones is 1. The average Bonchev–Trinajstić information content (AvgIpc) is 2.97. The van der Waals surface area contributed by atoms with Crippen molar-refractivity contribution < 1.29 is 9.59 Å². The lowest BCUT2D eigenvalue weighted by Gasteiger charge is -2.17. The zero-order chi connectivity index (χ0) is 16.7. The first-order valence-electron chi connectivity index (χ1n) is 8.23. The Morgan fingerprint density at radius 1 is 1.21 bits per heavy atom. The molecule has 0 saturated heterocycles. The smallest absolute Gasteiger partial charge is 0.253 e. The molecule has 2 aliphatic rings. The summed E-state index contributed by atoms with van der Waals surface area (Å²) in [6, 6.07) is 7.46. The molecule has 5 heteroatoms. The maximum atomic E-state index is 12.6. The minimum Gasteiger partial charge on any atom is -0.345 e. The van der Waals surface area contributed by atoms with E-state index in [1.54, 1.807) is 12.3 Å². The summed E-state index contributed by atoms with van der Waals surface area (Å²) in [4.78, 5) is 28.9. The van der Waals surface area contributed by atoms with Crippen LogP contribution < -0.4 is 5.32 Å². The van der Waals surface area contributed by atoms with Gasteiger partial charge in [0.15, 0.2) is 5.78 Å². The monoisotopic (exact) mass is 340 g/mol. The van der Waals surface area contributed by atoms with Crippen LogP contribution in [0.15, 0.2) is 30.5 Å². The second kappa shape index (κ2) is 6.02. The van der Waals surface area contributed by atoms with Crippen LogP contribution >= 0.6 is 11.6 Å². The summed E-state index contributed by atoms with van der Waals surface area (Å²) in [5, 5.41) is 3.78. The lowest BCUT2D eigenvalue weighted by atomic mass is 9.94. The first-order valence-corrected chi connectivity index (χ1v) is 8.61. The van der Waals surface area contributed by atoms with E-state index in [2.05, 4.69) is 10.3 Å². The van der Waals surface area contributed by atoms with E-state index in [1.807, 2.05) is 18.2 Å². The first kappa shape index (κ1) is 15.3. The van der Waals surface area contributed by atoms with E-state index >= 15 is 0 Å². The fourth-order valence-electron chi connectivity index (χ4n) is 3.59. The molecular weight excluding hydrogens is 324 g/mol. The molecule has 24 heavy (non-hydrogen) atoms. The van der Waals surface area contributed by atoms with Crippen molar-refractivity contribution in [1.29, 1.82) is 0 Å². The van der Waals surface area contributed by atoms with Crippen molar-refractivity contribution in [2.45, 2.75) is 38.1 Å². The van der Waals surface area contributed by atoms with E-state index in [0.717, 1.165) is 42.0 Å². The molecule has 1 amide bonds. The Hall–Kier alpha value is -2.20. The van der Waals surface area contributed by atoms with Gasteiger partial charge in [-0.05, 0) is 55.0 Å². The summed E-state index contributed by atoms with van der Waals surface area (Å²) in [5.74, 6) is -0.101. The third-order valence-corrected chi connectivity index (χ3v) is 5.07. The van der Waals surface area contributed by atoms with Gasteiger partial charge in [0.1, 0.15) is 0 Å². The van der Waals surface area contributed by atoms with Gasteiger partial charge >= 0.3 is 0 Å². The van der Waals surface area contributed by atoms with Crippen LogP contribution in [0.2, 0.25) is 5.02 Å². The number of Topliss-reactive ketones (excluding diaryl/α,β-unsaturated/α-hetero) is 1. The number of aryl methyl sites for hydroxylation is 2. The second-order valence-corrected chi connectivity index (χ2v) is 6.84. The van der Waals surface area contributed by atoms with Crippen molar-refractivity contribution in [3.05, 3.63) is 63.4 Å². The van der Waals surface area contributed by atoms with Crippen molar-refractivity contribution in [3.8, 4) is 0 Å². The minimum atomic E-state index is -0.184. The highest BCUT2D eigenvalue weighted by Gasteiger charge is 2.26. The second-order valence-electron chi connectivity index (χ2n) is 6.40. The largest absolute Gasteiger partial charge is 0.345 e. The molecule has 2 aliphatic carbocycles. The summed E-state index contributed by atoms with van der Waals surface area (Å²) in [6.07, 6.45) is 5.52. The third-order valence-electron chi connectivity index (χ3n) is 4.84. The van der Waals surface area contributed by atoms with Crippen LogP contribution in [0, 0.1) is 0 Å². The van der Waals surface area contributed by atoms with Gasteiger partial charge in [-0.25, -0.2) is 0 Å². The predicted molar refractivity (Wildman–Crippen MR) is 91.5 cm³/mol. The Kier molecular flexibility index (Phi) is 3.85. The number of carbonyl (C=O) groups is 2. The quantitative estimate of drug-likeness (QED) is 0.907. The standard InChI is InChI=1S/C19H17ClN2O2/c20-13-5-6-14-11(8-13)4-7-17(14)22-19(24)12-9-15-16(21-10-12)2-1-3-18(15)23/h5-6,8-10,17H,1-4,7H2,(H,22,24). The van der Waals surface area contributed by atoms with E-state index in [4.69, 9.17) is 11.6 Å². The van der Waals surface area contributed by atoms with Crippen LogP contribution in [0.4, 0.5) is 0 Å². The maximum Gasteiger partial charge on any atom is 0.253 e. The molecule has 1 aromatic heterocycles. The molecular formula is C19H17ClN2O2. The van der Waals surface area contributed by atoms with Gasteiger partial charge in [-0.15, -0.1) is 0 Å². The topological polar surface area (TPSA) is 59.1 Å². The number of aromatic nitrogens is 1. The minimum absolute atomic E-state index is 0.0171. The van der Waals surface area contributed by atoms with Crippen LogP contribution in [0.25, 0.3) is 0 Å². The number of benzene rings is 1. The maximum absolute atomic E-state index is 12.6. The molecule has 0 spiro atoms. The van der Waals surface area contributed by atoms with Crippen LogP contribution in [0.5, 0.6) is 0 Å². The molecule has 0 aliphatic heterocycles. The van der Waals surface area contributed by atoms with Gasteiger partial charge in [0, 0.05) is 23.2 Å². The van der Waals surface area contributed by atoms with Crippen molar-refractivity contribution in [2.24, 2.45) is 0 Å². The number of rotatable bonds is 2. The number of pyridine rings is 1. The molecule has 1 heterocycles. The van der Waals surface area contributed by atoms with Gasteiger partial charge in [-0.2, -0.15) is 0 Å². The van der Waals surface area contributed by atoms with E-state index < -0.39 is 0 Å². The fourth-order valence-corrected chi connectivity index (χ4v) is 3.78. The van der Waals surface area contributed by atoms with Crippen molar-refractivity contribution in [3.63, 3.8) is 0 Å². The molecule has 0 fully saturated rings. The number of halogens is 1. The number of nitrogens with one attached hydrogen (secondary N) is 1. The number of fused-ring (bicyclic) bond motifs is 2. The molecule has 1 unspecified atom stereocenters. The van der Waals surface area contributed by atoms with E-state index in [9.17, 15) is 9.59 Å². The van der Waals surface area contributed by atoms with E-state index in [1.165, 1.54) is 5.56 Å². The molecule has 0 saturated carbocycles. The predicted octanol–water partition coefficient (Wildman–Crippen LogP) is 3.67. The van der Waals surface area contributed by atoms with Crippen LogP contribution in [0.1, 0.15) is 62.8 Å². The summed E-state index contributed by atoms with van der Waals surface area (Å²) < 4.78 is 0.